The second-order valence-electron chi connectivity index (χ2n) is 9.49. The van der Waals surface area contributed by atoms with Gasteiger partial charge in [0.25, 0.3) is 0 Å². The quantitative estimate of drug-likeness (QED) is 0.315. The van der Waals surface area contributed by atoms with E-state index in [9.17, 15) is 9.50 Å². The maximum Gasteiger partial charge on any atom is 0.168 e. The molecule has 0 aromatic carbocycles. The Morgan fingerprint density at radius 3 is 2.82 bits per heavy atom. The molecule has 2 N–H and O–H groups in total. The lowest BCUT2D eigenvalue weighted by atomic mass is 10.1. The summed E-state index contributed by atoms with van der Waals surface area (Å²) in [6.45, 7) is 3.12. The molecule has 5 aromatic heterocycles. The number of pyridine rings is 3. The molecule has 0 radical (unpaired) electrons. The SMILES string of the molecule is COc1cnn2cc(-c3nn4c(c3C)CN[C@@H](Cc3ccccn3)C4)cc(OC(CO)c3ccc(F)cn3)c12. The molecule has 200 valence electrons. The third-order valence-corrected chi connectivity index (χ3v) is 7.01. The molecule has 6 rings (SSSR count). The number of rotatable bonds is 8. The minimum absolute atomic E-state index is 0.213. The number of aromatic nitrogens is 6. The summed E-state index contributed by atoms with van der Waals surface area (Å²) in [5, 5.41) is 23.1. The highest BCUT2D eigenvalue weighted by Crippen LogP contribution is 2.37. The second kappa shape index (κ2) is 10.4. The summed E-state index contributed by atoms with van der Waals surface area (Å²) in [5.74, 6) is 0.486. The van der Waals surface area contributed by atoms with Crippen LogP contribution >= 0.6 is 0 Å². The Bertz CT molecular complexity index is 1600. The van der Waals surface area contributed by atoms with Gasteiger partial charge in [0.05, 0.1) is 49.7 Å². The zero-order chi connectivity index (χ0) is 26.9. The van der Waals surface area contributed by atoms with Crippen LogP contribution in [0.2, 0.25) is 0 Å². The normalized spacial score (nSPS) is 15.7. The zero-order valence-corrected chi connectivity index (χ0v) is 21.6. The highest BCUT2D eigenvalue weighted by atomic mass is 19.1. The van der Waals surface area contributed by atoms with Crippen LogP contribution in [0, 0.1) is 12.7 Å². The molecule has 0 spiro atoms. The number of fused-ring (bicyclic) bond motifs is 2. The van der Waals surface area contributed by atoms with Gasteiger partial charge in [-0.1, -0.05) is 6.07 Å². The van der Waals surface area contributed by atoms with Crippen molar-refractivity contribution < 1.29 is 19.0 Å². The lowest BCUT2D eigenvalue weighted by molar-refractivity contribution is 0.114. The monoisotopic (exact) mass is 529 g/mol. The second-order valence-corrected chi connectivity index (χ2v) is 9.49. The molecule has 0 saturated carbocycles. The summed E-state index contributed by atoms with van der Waals surface area (Å²) in [6, 6.07) is 10.8. The standard InChI is InChI=1S/C28H28FN7O3/c1-17-23-12-31-21(10-20-5-3-4-8-30-20)15-35(23)34-27(17)18-9-24(28-25(38-2)13-33-36(28)14-18)39-26(16-37)22-7-6-19(29)11-32-22/h3-9,11,13-14,21,26,31,37H,10,12,15-16H2,1-2H3/t21-,26?/m0/s1. The fourth-order valence-electron chi connectivity index (χ4n) is 5.01. The van der Waals surface area contributed by atoms with Crippen molar-refractivity contribution >= 4 is 5.52 Å². The Balaban J connectivity index is 1.35. The average Bonchev–Trinajstić information content (AvgIpc) is 3.53. The molecule has 0 aliphatic carbocycles. The van der Waals surface area contributed by atoms with Crippen molar-refractivity contribution in [2.75, 3.05) is 13.7 Å². The van der Waals surface area contributed by atoms with Crippen molar-refractivity contribution in [3.05, 3.63) is 89.6 Å². The van der Waals surface area contributed by atoms with Crippen molar-refractivity contribution in [2.45, 2.75) is 38.6 Å². The summed E-state index contributed by atoms with van der Waals surface area (Å²) in [5.41, 5.74) is 5.82. The van der Waals surface area contributed by atoms with E-state index in [0.29, 0.717) is 29.3 Å². The molecule has 2 atom stereocenters. The van der Waals surface area contributed by atoms with Gasteiger partial charge in [0.2, 0.25) is 0 Å². The summed E-state index contributed by atoms with van der Waals surface area (Å²) >= 11 is 0. The van der Waals surface area contributed by atoms with Crippen LogP contribution in [0.25, 0.3) is 16.8 Å². The van der Waals surface area contributed by atoms with Crippen LogP contribution < -0.4 is 14.8 Å². The average molecular weight is 530 g/mol. The van der Waals surface area contributed by atoms with E-state index >= 15 is 0 Å². The van der Waals surface area contributed by atoms with E-state index in [-0.39, 0.29) is 12.6 Å². The van der Waals surface area contributed by atoms with Gasteiger partial charge in [0.1, 0.15) is 5.82 Å². The Hall–Kier alpha value is -4.35. The molecule has 39 heavy (non-hydrogen) atoms. The van der Waals surface area contributed by atoms with Crippen molar-refractivity contribution in [3.63, 3.8) is 0 Å². The molecular formula is C28H28FN7O3. The Morgan fingerprint density at radius 2 is 2.08 bits per heavy atom. The van der Waals surface area contributed by atoms with E-state index in [0.717, 1.165) is 47.4 Å². The van der Waals surface area contributed by atoms with E-state index in [1.807, 2.05) is 36.7 Å². The first-order valence-corrected chi connectivity index (χ1v) is 12.7. The molecule has 1 aliphatic rings. The number of hydrogen-bond donors (Lipinski definition) is 2. The highest BCUT2D eigenvalue weighted by Gasteiger charge is 2.26. The fraction of sp³-hybridized carbons (Fsp3) is 0.286. The molecule has 0 saturated heterocycles. The summed E-state index contributed by atoms with van der Waals surface area (Å²) in [4.78, 5) is 8.55. The van der Waals surface area contributed by atoms with Crippen LogP contribution in [0.1, 0.15) is 28.7 Å². The lowest BCUT2D eigenvalue weighted by Crippen LogP contribution is -2.40. The van der Waals surface area contributed by atoms with Crippen LogP contribution in [-0.4, -0.2) is 54.2 Å². The number of aliphatic hydroxyl groups excluding tert-OH is 1. The lowest BCUT2D eigenvalue weighted by Gasteiger charge is -2.25. The van der Waals surface area contributed by atoms with Gasteiger partial charge in [-0.3, -0.25) is 14.6 Å². The minimum atomic E-state index is -0.822. The van der Waals surface area contributed by atoms with Gasteiger partial charge in [-0.25, -0.2) is 8.91 Å². The number of hydrogen-bond acceptors (Lipinski definition) is 8. The molecule has 5 aromatic rings. The van der Waals surface area contributed by atoms with E-state index in [4.69, 9.17) is 14.6 Å². The number of nitrogens with zero attached hydrogens (tertiary/aromatic N) is 6. The van der Waals surface area contributed by atoms with Gasteiger partial charge in [-0.15, -0.1) is 0 Å². The predicted molar refractivity (Wildman–Crippen MR) is 141 cm³/mol. The highest BCUT2D eigenvalue weighted by molar-refractivity contribution is 5.75. The third-order valence-electron chi connectivity index (χ3n) is 7.01. The molecule has 1 unspecified atom stereocenters. The van der Waals surface area contributed by atoms with Gasteiger partial charge in [-0.2, -0.15) is 10.2 Å². The van der Waals surface area contributed by atoms with E-state index in [1.54, 1.807) is 17.8 Å². The van der Waals surface area contributed by atoms with Crippen LogP contribution in [0.4, 0.5) is 4.39 Å². The first-order chi connectivity index (χ1) is 19.0. The Morgan fingerprint density at radius 1 is 1.18 bits per heavy atom. The largest absolute Gasteiger partial charge is 0.493 e. The molecule has 10 nitrogen and oxygen atoms in total. The van der Waals surface area contributed by atoms with Crippen molar-refractivity contribution in [2.24, 2.45) is 0 Å². The van der Waals surface area contributed by atoms with E-state index in [2.05, 4.69) is 32.0 Å². The number of methoxy groups -OCH3 is 1. The molecule has 0 amide bonds. The number of aliphatic hydroxyl groups is 1. The van der Waals surface area contributed by atoms with Crippen LogP contribution in [0.3, 0.4) is 0 Å². The smallest absolute Gasteiger partial charge is 0.168 e. The van der Waals surface area contributed by atoms with Gasteiger partial charge < -0.3 is 19.9 Å². The summed E-state index contributed by atoms with van der Waals surface area (Å²) in [6.07, 6.45) is 6.39. The Labute approximate surface area is 224 Å². The Kier molecular flexibility index (Phi) is 6.67. The fourth-order valence-corrected chi connectivity index (χ4v) is 5.01. The molecule has 1 aliphatic heterocycles. The zero-order valence-electron chi connectivity index (χ0n) is 21.6. The summed E-state index contributed by atoms with van der Waals surface area (Å²) < 4.78 is 29.0. The predicted octanol–water partition coefficient (Wildman–Crippen LogP) is 3.27. The van der Waals surface area contributed by atoms with Crippen molar-refractivity contribution in [1.29, 1.82) is 0 Å². The van der Waals surface area contributed by atoms with Crippen LogP contribution in [0.15, 0.2) is 61.2 Å². The van der Waals surface area contributed by atoms with E-state index in [1.165, 1.54) is 12.1 Å². The van der Waals surface area contributed by atoms with Gasteiger partial charge in [-0.05, 0) is 42.8 Å². The number of halogens is 1. The van der Waals surface area contributed by atoms with Gasteiger partial charge in [0.15, 0.2) is 23.1 Å². The van der Waals surface area contributed by atoms with Gasteiger partial charge in [0, 0.05) is 42.7 Å². The molecular weight excluding hydrogens is 501 g/mol. The van der Waals surface area contributed by atoms with Crippen molar-refractivity contribution in [3.8, 4) is 22.8 Å². The topological polar surface area (TPSA) is 112 Å². The number of ether oxygens (including phenoxy) is 2. The first-order valence-electron chi connectivity index (χ1n) is 12.7. The minimum Gasteiger partial charge on any atom is -0.493 e. The molecule has 0 fully saturated rings. The molecule has 11 heteroatoms. The first kappa shape index (κ1) is 25.0. The maximum absolute atomic E-state index is 13.4. The summed E-state index contributed by atoms with van der Waals surface area (Å²) in [7, 11) is 1.56. The van der Waals surface area contributed by atoms with Crippen molar-refractivity contribution in [1.82, 2.24) is 34.7 Å². The number of nitrogens with one attached hydrogen (secondary N) is 1. The maximum atomic E-state index is 13.4. The van der Waals surface area contributed by atoms with Crippen LogP contribution in [0.5, 0.6) is 11.5 Å². The van der Waals surface area contributed by atoms with E-state index < -0.39 is 11.9 Å². The van der Waals surface area contributed by atoms with Gasteiger partial charge >= 0.3 is 0 Å². The van der Waals surface area contributed by atoms with Crippen LogP contribution in [-0.2, 0) is 19.5 Å². The third kappa shape index (κ3) is 4.82. The molecule has 6 heterocycles. The molecule has 0 bridgehead atoms.